The highest BCUT2D eigenvalue weighted by molar-refractivity contribution is 5.31. The molecule has 1 aromatic carbocycles. The van der Waals surface area contributed by atoms with E-state index in [4.69, 9.17) is 10.00 Å². The topological polar surface area (TPSA) is 36.3 Å². The third kappa shape index (κ3) is 4.66. The van der Waals surface area contributed by atoms with Gasteiger partial charge in [0, 0.05) is 13.2 Å². The first-order valence-electron chi connectivity index (χ1n) is 7.07. The molecule has 1 atom stereocenters. The molecular formula is C16H22N2O. The van der Waals surface area contributed by atoms with Gasteiger partial charge in [-0.1, -0.05) is 12.1 Å². The third-order valence-electron chi connectivity index (χ3n) is 3.63. The van der Waals surface area contributed by atoms with Gasteiger partial charge in [-0.15, -0.1) is 0 Å². The molecule has 0 radical (unpaired) electrons. The molecule has 0 aliphatic carbocycles. The van der Waals surface area contributed by atoms with Crippen LogP contribution in [0.2, 0.25) is 0 Å². The van der Waals surface area contributed by atoms with E-state index < -0.39 is 0 Å². The number of hydrogen-bond acceptors (Lipinski definition) is 3. The van der Waals surface area contributed by atoms with Crippen molar-refractivity contribution < 1.29 is 4.74 Å². The van der Waals surface area contributed by atoms with Crippen molar-refractivity contribution in [3.8, 4) is 6.07 Å². The van der Waals surface area contributed by atoms with Crippen LogP contribution in [0.25, 0.3) is 0 Å². The normalized spacial score (nSPS) is 18.7. The van der Waals surface area contributed by atoms with Crippen molar-refractivity contribution in [2.75, 3.05) is 20.2 Å². The zero-order chi connectivity index (χ0) is 13.5. The lowest BCUT2D eigenvalue weighted by Gasteiger charge is -2.17. The summed E-state index contributed by atoms with van der Waals surface area (Å²) in [5, 5.41) is 8.76. The van der Waals surface area contributed by atoms with Crippen molar-refractivity contribution in [3.63, 3.8) is 0 Å². The summed E-state index contributed by atoms with van der Waals surface area (Å²) in [5.74, 6) is 0. The Hall–Kier alpha value is -1.37. The van der Waals surface area contributed by atoms with Crippen LogP contribution in [0.3, 0.4) is 0 Å². The van der Waals surface area contributed by atoms with Gasteiger partial charge >= 0.3 is 0 Å². The summed E-state index contributed by atoms with van der Waals surface area (Å²) in [7, 11) is 2.15. The molecule has 1 aliphatic heterocycles. The highest BCUT2D eigenvalue weighted by atomic mass is 16.5. The van der Waals surface area contributed by atoms with Gasteiger partial charge in [-0.2, -0.15) is 5.26 Å². The SMILES string of the molecule is CN(CCCC1CCCO1)Cc1ccc(C#N)cc1. The predicted octanol–water partition coefficient (Wildman–Crippen LogP) is 2.95. The molecule has 0 N–H and O–H groups in total. The largest absolute Gasteiger partial charge is 0.378 e. The lowest BCUT2D eigenvalue weighted by molar-refractivity contribution is 0.0995. The molecule has 1 fully saturated rings. The Kier molecular flexibility index (Phi) is 5.38. The quantitative estimate of drug-likeness (QED) is 0.787. The molecule has 1 aliphatic rings. The second-order valence-electron chi connectivity index (χ2n) is 5.32. The van der Waals surface area contributed by atoms with Gasteiger partial charge in [0.15, 0.2) is 0 Å². The van der Waals surface area contributed by atoms with Crippen LogP contribution in [0.5, 0.6) is 0 Å². The summed E-state index contributed by atoms with van der Waals surface area (Å²) >= 11 is 0. The first-order chi connectivity index (χ1) is 9.28. The Labute approximate surface area is 115 Å². The fourth-order valence-electron chi connectivity index (χ4n) is 2.54. The summed E-state index contributed by atoms with van der Waals surface area (Å²) in [5.41, 5.74) is 1.99. The van der Waals surface area contributed by atoms with Crippen LogP contribution in [0.4, 0.5) is 0 Å². The number of ether oxygens (including phenoxy) is 1. The first-order valence-corrected chi connectivity index (χ1v) is 7.07. The standard InChI is InChI=1S/C16H22N2O/c1-18(10-2-4-16-5-3-11-19-16)13-15-8-6-14(12-17)7-9-15/h6-9,16H,2-5,10-11,13H2,1H3. The molecule has 1 heterocycles. The van der Waals surface area contributed by atoms with Crippen LogP contribution in [0.1, 0.15) is 36.8 Å². The Bertz CT molecular complexity index is 415. The Balaban J connectivity index is 1.68. The van der Waals surface area contributed by atoms with Gasteiger partial charge in [0.25, 0.3) is 0 Å². The minimum absolute atomic E-state index is 0.503. The van der Waals surface area contributed by atoms with E-state index >= 15 is 0 Å². The van der Waals surface area contributed by atoms with E-state index in [9.17, 15) is 0 Å². The molecule has 1 unspecified atom stereocenters. The molecule has 3 heteroatoms. The van der Waals surface area contributed by atoms with Crippen LogP contribution < -0.4 is 0 Å². The number of hydrogen-bond donors (Lipinski definition) is 0. The van der Waals surface area contributed by atoms with Gasteiger partial charge in [-0.05, 0) is 57.0 Å². The highest BCUT2D eigenvalue weighted by Crippen LogP contribution is 2.17. The summed E-state index contributed by atoms with van der Waals surface area (Å²) < 4.78 is 5.63. The van der Waals surface area contributed by atoms with Crippen LogP contribution in [-0.2, 0) is 11.3 Å². The molecule has 102 valence electrons. The Morgan fingerprint density at radius 3 is 2.79 bits per heavy atom. The van der Waals surface area contributed by atoms with Gasteiger partial charge in [0.05, 0.1) is 17.7 Å². The fraction of sp³-hybridized carbons (Fsp3) is 0.562. The van der Waals surface area contributed by atoms with Gasteiger partial charge < -0.3 is 9.64 Å². The molecule has 0 spiro atoms. The highest BCUT2D eigenvalue weighted by Gasteiger charge is 2.14. The maximum atomic E-state index is 8.76. The van der Waals surface area contributed by atoms with Crippen LogP contribution in [0, 0.1) is 11.3 Å². The second kappa shape index (κ2) is 7.28. The van der Waals surface area contributed by atoms with Crippen molar-refractivity contribution in [2.45, 2.75) is 38.3 Å². The van der Waals surface area contributed by atoms with Crippen molar-refractivity contribution in [1.82, 2.24) is 4.90 Å². The number of nitrogens with zero attached hydrogens (tertiary/aromatic N) is 2. The van der Waals surface area contributed by atoms with E-state index in [0.717, 1.165) is 25.3 Å². The summed E-state index contributed by atoms with van der Waals surface area (Å²) in [6.45, 7) is 2.99. The van der Waals surface area contributed by atoms with Crippen molar-refractivity contribution in [2.24, 2.45) is 0 Å². The molecule has 3 nitrogen and oxygen atoms in total. The maximum absolute atomic E-state index is 8.76. The summed E-state index contributed by atoms with van der Waals surface area (Å²) in [6, 6.07) is 9.99. The molecule has 1 saturated heterocycles. The number of nitriles is 1. The average Bonchev–Trinajstić information content (AvgIpc) is 2.93. The molecular weight excluding hydrogens is 236 g/mol. The second-order valence-corrected chi connectivity index (χ2v) is 5.32. The van der Waals surface area contributed by atoms with E-state index in [1.165, 1.54) is 31.2 Å². The predicted molar refractivity (Wildman–Crippen MR) is 75.7 cm³/mol. The average molecular weight is 258 g/mol. The zero-order valence-corrected chi connectivity index (χ0v) is 11.6. The third-order valence-corrected chi connectivity index (χ3v) is 3.63. The van der Waals surface area contributed by atoms with Crippen LogP contribution >= 0.6 is 0 Å². The van der Waals surface area contributed by atoms with Gasteiger partial charge in [0.2, 0.25) is 0 Å². The minimum atomic E-state index is 0.503. The lowest BCUT2D eigenvalue weighted by Crippen LogP contribution is -2.20. The van der Waals surface area contributed by atoms with Gasteiger partial charge in [-0.3, -0.25) is 0 Å². The van der Waals surface area contributed by atoms with Gasteiger partial charge in [-0.25, -0.2) is 0 Å². The van der Waals surface area contributed by atoms with E-state index in [2.05, 4.69) is 18.0 Å². The summed E-state index contributed by atoms with van der Waals surface area (Å²) in [6.07, 6.45) is 5.34. The van der Waals surface area contributed by atoms with Gasteiger partial charge in [0.1, 0.15) is 0 Å². The molecule has 0 saturated carbocycles. The smallest absolute Gasteiger partial charge is 0.0991 e. The molecule has 0 amide bonds. The Morgan fingerprint density at radius 1 is 1.37 bits per heavy atom. The first kappa shape index (κ1) is 14.0. The molecule has 19 heavy (non-hydrogen) atoms. The molecule has 1 aromatic rings. The zero-order valence-electron chi connectivity index (χ0n) is 11.6. The molecule has 0 bridgehead atoms. The van der Waals surface area contributed by atoms with Crippen molar-refractivity contribution in [3.05, 3.63) is 35.4 Å². The molecule has 0 aromatic heterocycles. The minimum Gasteiger partial charge on any atom is -0.378 e. The van der Waals surface area contributed by atoms with E-state index in [1.54, 1.807) is 0 Å². The van der Waals surface area contributed by atoms with E-state index in [-0.39, 0.29) is 0 Å². The van der Waals surface area contributed by atoms with E-state index in [1.807, 2.05) is 24.3 Å². The monoisotopic (exact) mass is 258 g/mol. The number of rotatable bonds is 6. The van der Waals surface area contributed by atoms with Crippen LogP contribution in [-0.4, -0.2) is 31.2 Å². The van der Waals surface area contributed by atoms with Crippen molar-refractivity contribution >= 4 is 0 Å². The van der Waals surface area contributed by atoms with Crippen LogP contribution in [0.15, 0.2) is 24.3 Å². The van der Waals surface area contributed by atoms with Crippen molar-refractivity contribution in [1.29, 1.82) is 5.26 Å². The summed E-state index contributed by atoms with van der Waals surface area (Å²) in [4.78, 5) is 2.33. The molecule has 2 rings (SSSR count). The lowest BCUT2D eigenvalue weighted by atomic mass is 10.1. The number of benzene rings is 1. The maximum Gasteiger partial charge on any atom is 0.0991 e. The Morgan fingerprint density at radius 2 is 2.16 bits per heavy atom. The van der Waals surface area contributed by atoms with E-state index in [0.29, 0.717) is 6.10 Å². The fourth-order valence-corrected chi connectivity index (χ4v) is 2.54.